The van der Waals surface area contributed by atoms with Gasteiger partial charge in [-0.2, -0.15) is 4.98 Å². The number of rotatable bonds is 11. The third-order valence-electron chi connectivity index (χ3n) is 6.51. The number of ether oxygens (including phenoxy) is 3. The summed E-state index contributed by atoms with van der Waals surface area (Å²) in [5, 5.41) is 8.69. The van der Waals surface area contributed by atoms with Gasteiger partial charge in [-0.05, 0) is 54.3 Å². The third-order valence-corrected chi connectivity index (χ3v) is 8.08. The van der Waals surface area contributed by atoms with E-state index in [-0.39, 0.29) is 6.61 Å². The van der Waals surface area contributed by atoms with E-state index in [1.165, 1.54) is 0 Å². The fourth-order valence-corrected chi connectivity index (χ4v) is 5.42. The molecule has 0 fully saturated rings. The number of anilines is 1. The highest BCUT2D eigenvalue weighted by Gasteiger charge is 2.36. The lowest BCUT2D eigenvalue weighted by molar-refractivity contribution is -0.140. The molecule has 0 amide bonds. The van der Waals surface area contributed by atoms with Crippen LogP contribution in [0.1, 0.15) is 43.0 Å². The van der Waals surface area contributed by atoms with E-state index in [2.05, 4.69) is 33.2 Å². The predicted octanol–water partition coefficient (Wildman–Crippen LogP) is 7.16. The van der Waals surface area contributed by atoms with Crippen LogP contribution in [0.15, 0.2) is 93.7 Å². The Balaban J connectivity index is 1.47. The molecule has 1 N–H and O–H groups in total. The highest BCUT2D eigenvalue weighted by molar-refractivity contribution is 9.10. The zero-order valence-electron chi connectivity index (χ0n) is 23.1. The Bertz CT molecular complexity index is 1540. The van der Waals surface area contributed by atoms with Crippen LogP contribution in [-0.2, 0) is 22.7 Å². The number of hydrogen-bond donors (Lipinski definition) is 1. The van der Waals surface area contributed by atoms with E-state index in [4.69, 9.17) is 19.3 Å². The van der Waals surface area contributed by atoms with Gasteiger partial charge in [0.2, 0.25) is 11.1 Å². The van der Waals surface area contributed by atoms with Crippen LogP contribution in [0.5, 0.6) is 11.5 Å². The van der Waals surface area contributed by atoms with E-state index < -0.39 is 12.0 Å². The molecule has 0 bridgehead atoms. The van der Waals surface area contributed by atoms with Crippen LogP contribution >= 0.6 is 27.7 Å². The number of esters is 1. The van der Waals surface area contributed by atoms with Crippen molar-refractivity contribution >= 4 is 39.6 Å². The Morgan fingerprint density at radius 3 is 2.51 bits per heavy atom. The van der Waals surface area contributed by atoms with E-state index in [1.54, 1.807) is 23.6 Å². The van der Waals surface area contributed by atoms with E-state index >= 15 is 0 Å². The molecule has 0 spiro atoms. The zero-order valence-corrected chi connectivity index (χ0v) is 25.5. The first-order chi connectivity index (χ1) is 20.0. The van der Waals surface area contributed by atoms with Crippen LogP contribution in [0, 0.1) is 0 Å². The minimum absolute atomic E-state index is 0.164. The second-order valence-electron chi connectivity index (χ2n) is 9.46. The number of allylic oxidation sites excluding steroid dienone is 1. The zero-order chi connectivity index (χ0) is 28.8. The van der Waals surface area contributed by atoms with Crippen molar-refractivity contribution in [1.29, 1.82) is 0 Å². The number of nitrogens with zero attached hydrogens (tertiary/aromatic N) is 3. The Kier molecular flexibility index (Phi) is 9.31. The van der Waals surface area contributed by atoms with Gasteiger partial charge in [-0.25, -0.2) is 9.48 Å². The highest BCUT2D eigenvalue weighted by atomic mass is 79.9. The van der Waals surface area contributed by atoms with Gasteiger partial charge in [0, 0.05) is 15.9 Å². The molecule has 1 aliphatic heterocycles. The average molecular weight is 636 g/mol. The Morgan fingerprint density at radius 1 is 1.02 bits per heavy atom. The number of nitrogens with one attached hydrogen (secondary N) is 1. The highest BCUT2D eigenvalue weighted by Crippen LogP contribution is 2.40. The van der Waals surface area contributed by atoms with Crippen molar-refractivity contribution in [2.24, 2.45) is 0 Å². The van der Waals surface area contributed by atoms with E-state index in [0.717, 1.165) is 33.3 Å². The molecule has 1 aliphatic rings. The molecular formula is C31H31BrN4O4S. The molecule has 1 atom stereocenters. The number of thioether (sulfide) groups is 1. The molecule has 41 heavy (non-hydrogen) atoms. The minimum atomic E-state index is -0.576. The lowest BCUT2D eigenvalue weighted by Crippen LogP contribution is -2.29. The molecule has 8 nitrogen and oxygen atoms in total. The molecule has 1 unspecified atom stereocenters. The summed E-state index contributed by atoms with van der Waals surface area (Å²) in [4.78, 5) is 18.3. The molecule has 0 saturated carbocycles. The summed E-state index contributed by atoms with van der Waals surface area (Å²) < 4.78 is 20.4. The van der Waals surface area contributed by atoms with Gasteiger partial charge >= 0.3 is 5.97 Å². The fourth-order valence-electron chi connectivity index (χ4n) is 4.47. The first-order valence-corrected chi connectivity index (χ1v) is 15.1. The maximum absolute atomic E-state index is 13.6. The number of carbonyl (C=O) groups is 1. The van der Waals surface area contributed by atoms with E-state index in [9.17, 15) is 4.79 Å². The summed E-state index contributed by atoms with van der Waals surface area (Å²) in [6, 6.07) is 22.7. The van der Waals surface area contributed by atoms with Crippen LogP contribution in [0.4, 0.5) is 5.95 Å². The van der Waals surface area contributed by atoms with Crippen LogP contribution in [-0.4, -0.2) is 33.6 Å². The normalized spacial score (nSPS) is 14.3. The molecular weight excluding hydrogens is 604 g/mol. The summed E-state index contributed by atoms with van der Waals surface area (Å²) >= 11 is 5.04. The monoisotopic (exact) mass is 634 g/mol. The first-order valence-electron chi connectivity index (χ1n) is 13.3. The SMILES string of the molecule is CCCSc1nc2n(n1)C(c1ccc(OCc3ccc(Br)cc3)c(OC)c1)C(C(=O)OCc1ccccc1)=C(C)N2. The van der Waals surface area contributed by atoms with Gasteiger partial charge < -0.3 is 19.5 Å². The van der Waals surface area contributed by atoms with Gasteiger partial charge in [0.05, 0.1) is 12.7 Å². The van der Waals surface area contributed by atoms with Crippen molar-refractivity contribution in [2.45, 2.75) is 44.7 Å². The van der Waals surface area contributed by atoms with Crippen molar-refractivity contribution in [3.63, 3.8) is 0 Å². The smallest absolute Gasteiger partial charge is 0.338 e. The van der Waals surface area contributed by atoms with Gasteiger partial charge in [-0.15, -0.1) is 5.10 Å². The van der Waals surface area contributed by atoms with Crippen molar-refractivity contribution < 1.29 is 19.0 Å². The number of aromatic nitrogens is 3. The Hall–Kier alpha value is -3.76. The Labute approximate surface area is 252 Å². The van der Waals surface area contributed by atoms with Crippen LogP contribution in [0.2, 0.25) is 0 Å². The maximum Gasteiger partial charge on any atom is 0.338 e. The number of methoxy groups -OCH3 is 1. The average Bonchev–Trinajstić information content (AvgIpc) is 3.40. The van der Waals surface area contributed by atoms with Crippen molar-refractivity contribution in [3.05, 3.63) is 105 Å². The van der Waals surface area contributed by atoms with Gasteiger partial charge in [-0.3, -0.25) is 0 Å². The Morgan fingerprint density at radius 2 is 1.78 bits per heavy atom. The van der Waals surface area contributed by atoms with E-state index in [1.807, 2.05) is 79.7 Å². The standard InChI is InChI=1S/C31H31BrN4O4S/c1-4-16-41-31-34-30-33-20(2)27(29(37)40-19-21-8-6-5-7-9-21)28(36(30)35-31)23-12-15-25(26(17-23)38-3)39-18-22-10-13-24(32)14-11-22/h5-15,17,28H,4,16,18-19H2,1-3H3,(H,33,34,35). The van der Waals surface area contributed by atoms with Crippen molar-refractivity contribution in [3.8, 4) is 11.5 Å². The van der Waals surface area contributed by atoms with Crippen LogP contribution < -0.4 is 14.8 Å². The third kappa shape index (κ3) is 6.77. The van der Waals surface area contributed by atoms with Crippen molar-refractivity contribution in [2.75, 3.05) is 18.2 Å². The lowest BCUT2D eigenvalue weighted by Gasteiger charge is -2.28. The molecule has 2 heterocycles. The van der Waals surface area contributed by atoms with Gasteiger partial charge in [-0.1, -0.05) is 83.1 Å². The molecule has 0 saturated heterocycles. The summed E-state index contributed by atoms with van der Waals surface area (Å²) in [7, 11) is 1.60. The summed E-state index contributed by atoms with van der Waals surface area (Å²) in [6.45, 7) is 4.52. The topological polar surface area (TPSA) is 87.5 Å². The second-order valence-corrected chi connectivity index (χ2v) is 11.4. The number of carbonyl (C=O) groups excluding carboxylic acids is 1. The van der Waals surface area contributed by atoms with Crippen LogP contribution in [0.3, 0.4) is 0 Å². The molecule has 3 aromatic carbocycles. The number of fused-ring (bicyclic) bond motifs is 1. The van der Waals surface area contributed by atoms with Gasteiger partial charge in [0.1, 0.15) is 19.3 Å². The van der Waals surface area contributed by atoms with Crippen LogP contribution in [0.25, 0.3) is 0 Å². The molecule has 10 heteroatoms. The molecule has 1 aromatic heterocycles. The molecule has 212 valence electrons. The van der Waals surface area contributed by atoms with E-state index in [0.29, 0.717) is 40.5 Å². The van der Waals surface area contributed by atoms with Gasteiger partial charge in [0.15, 0.2) is 11.5 Å². The quantitative estimate of drug-likeness (QED) is 0.137. The number of benzene rings is 3. The molecule has 0 radical (unpaired) electrons. The predicted molar refractivity (Wildman–Crippen MR) is 163 cm³/mol. The summed E-state index contributed by atoms with van der Waals surface area (Å²) in [5.74, 6) is 2.18. The number of halogens is 1. The van der Waals surface area contributed by atoms with Crippen molar-refractivity contribution in [1.82, 2.24) is 14.8 Å². The first kappa shape index (κ1) is 28.8. The summed E-state index contributed by atoms with van der Waals surface area (Å²) in [5.41, 5.74) is 3.85. The second kappa shape index (κ2) is 13.3. The van der Waals surface area contributed by atoms with Gasteiger partial charge in [0.25, 0.3) is 0 Å². The molecule has 0 aliphatic carbocycles. The molecule has 5 rings (SSSR count). The lowest BCUT2D eigenvalue weighted by atomic mass is 9.95. The summed E-state index contributed by atoms with van der Waals surface area (Å²) in [6.07, 6.45) is 0.999. The molecule has 4 aromatic rings. The number of hydrogen-bond acceptors (Lipinski definition) is 8. The maximum atomic E-state index is 13.6. The largest absolute Gasteiger partial charge is 0.493 e. The minimum Gasteiger partial charge on any atom is -0.493 e. The fraction of sp³-hybridized carbons (Fsp3) is 0.258.